The summed E-state index contributed by atoms with van der Waals surface area (Å²) in [6, 6.07) is 8.80. The topological polar surface area (TPSA) is 59.6 Å². The molecule has 0 spiro atoms. The normalized spacial score (nSPS) is 11.6. The summed E-state index contributed by atoms with van der Waals surface area (Å²) in [5.74, 6) is -0.925. The van der Waals surface area contributed by atoms with Crippen LogP contribution in [0.1, 0.15) is 5.56 Å². The number of urea groups is 1. The molecule has 0 bridgehead atoms. The summed E-state index contributed by atoms with van der Waals surface area (Å²) >= 11 is 0. The molecular formula is C16H12F6N2O3. The van der Waals surface area contributed by atoms with E-state index in [1.54, 1.807) is 0 Å². The number of hydrogen-bond donors (Lipinski definition) is 2. The molecule has 0 saturated carbocycles. The lowest BCUT2D eigenvalue weighted by Crippen LogP contribution is -2.28. The van der Waals surface area contributed by atoms with E-state index < -0.39 is 30.3 Å². The van der Waals surface area contributed by atoms with Gasteiger partial charge in [0.2, 0.25) is 0 Å². The molecule has 2 rings (SSSR count). The standard InChI is InChI=1S/C16H12F6N2O3/c17-15(18,19)26-12-7-5-11(6-8-12)24-14(25)23-9-10-3-1-2-4-13(10)27-16(20,21)22/h1-8H,9H2,(H2,23,24,25). The first-order valence-corrected chi connectivity index (χ1v) is 7.26. The van der Waals surface area contributed by atoms with E-state index in [0.29, 0.717) is 0 Å². The second-order valence-corrected chi connectivity index (χ2v) is 5.04. The van der Waals surface area contributed by atoms with Gasteiger partial charge in [-0.1, -0.05) is 18.2 Å². The molecule has 2 aromatic carbocycles. The number of rotatable bonds is 5. The zero-order chi connectivity index (χ0) is 20.1. The largest absolute Gasteiger partial charge is 0.573 e. The van der Waals surface area contributed by atoms with Gasteiger partial charge in [0, 0.05) is 17.8 Å². The van der Waals surface area contributed by atoms with Crippen LogP contribution in [0, 0.1) is 0 Å². The summed E-state index contributed by atoms with van der Waals surface area (Å²) in [5, 5.41) is 4.64. The van der Waals surface area contributed by atoms with Gasteiger partial charge in [-0.2, -0.15) is 0 Å². The number of halogens is 6. The summed E-state index contributed by atoms with van der Waals surface area (Å²) < 4.78 is 80.8. The Labute approximate surface area is 148 Å². The Morgan fingerprint density at radius 1 is 0.852 bits per heavy atom. The third-order valence-corrected chi connectivity index (χ3v) is 2.98. The van der Waals surface area contributed by atoms with Crippen LogP contribution in [0.25, 0.3) is 0 Å². The van der Waals surface area contributed by atoms with E-state index in [1.165, 1.54) is 30.3 Å². The van der Waals surface area contributed by atoms with Crippen molar-refractivity contribution in [1.82, 2.24) is 5.32 Å². The Bertz CT molecular complexity index is 775. The Morgan fingerprint density at radius 3 is 2.04 bits per heavy atom. The molecule has 0 unspecified atom stereocenters. The van der Waals surface area contributed by atoms with E-state index in [-0.39, 0.29) is 17.8 Å². The highest BCUT2D eigenvalue weighted by Crippen LogP contribution is 2.26. The van der Waals surface area contributed by atoms with Gasteiger partial charge in [0.25, 0.3) is 0 Å². The van der Waals surface area contributed by atoms with Crippen LogP contribution < -0.4 is 20.1 Å². The first kappa shape index (κ1) is 20.2. The zero-order valence-electron chi connectivity index (χ0n) is 13.3. The van der Waals surface area contributed by atoms with Crippen LogP contribution in [0.2, 0.25) is 0 Å². The highest BCUT2D eigenvalue weighted by atomic mass is 19.4. The van der Waals surface area contributed by atoms with Crippen molar-refractivity contribution in [1.29, 1.82) is 0 Å². The average Bonchev–Trinajstić information content (AvgIpc) is 2.53. The number of alkyl halides is 6. The molecule has 146 valence electrons. The molecule has 0 radical (unpaired) electrons. The molecule has 0 aliphatic carbocycles. The number of nitrogens with one attached hydrogen (secondary N) is 2. The Balaban J connectivity index is 1.92. The minimum Gasteiger partial charge on any atom is -0.406 e. The third-order valence-electron chi connectivity index (χ3n) is 2.98. The summed E-state index contributed by atoms with van der Waals surface area (Å²) in [7, 11) is 0. The minimum atomic E-state index is -4.88. The number of carbonyl (C=O) groups excluding carboxylic acids is 1. The maximum atomic E-state index is 12.3. The van der Waals surface area contributed by atoms with Crippen molar-refractivity contribution < 1.29 is 40.6 Å². The molecule has 0 aliphatic heterocycles. The highest BCUT2D eigenvalue weighted by molar-refractivity contribution is 5.89. The van der Waals surface area contributed by atoms with Crippen LogP contribution in [0.15, 0.2) is 48.5 Å². The molecule has 0 heterocycles. The fraction of sp³-hybridized carbons (Fsp3) is 0.188. The van der Waals surface area contributed by atoms with E-state index in [0.717, 1.165) is 18.2 Å². The number of ether oxygens (including phenoxy) is 2. The highest BCUT2D eigenvalue weighted by Gasteiger charge is 2.32. The summed E-state index contributed by atoms with van der Waals surface area (Å²) in [4.78, 5) is 11.8. The molecule has 2 aromatic rings. The van der Waals surface area contributed by atoms with E-state index in [1.807, 2.05) is 0 Å². The van der Waals surface area contributed by atoms with Gasteiger partial charge < -0.3 is 20.1 Å². The van der Waals surface area contributed by atoms with Gasteiger partial charge in [0.15, 0.2) is 0 Å². The maximum absolute atomic E-state index is 12.3. The number of para-hydroxylation sites is 1. The first-order chi connectivity index (χ1) is 12.5. The van der Waals surface area contributed by atoms with Crippen LogP contribution in [0.4, 0.5) is 36.8 Å². The van der Waals surface area contributed by atoms with E-state index in [9.17, 15) is 31.1 Å². The molecule has 0 saturated heterocycles. The van der Waals surface area contributed by atoms with Crippen molar-refractivity contribution in [3.8, 4) is 11.5 Å². The van der Waals surface area contributed by atoms with Crippen LogP contribution in [0.3, 0.4) is 0 Å². The van der Waals surface area contributed by atoms with Crippen molar-refractivity contribution >= 4 is 11.7 Å². The van der Waals surface area contributed by atoms with Crippen molar-refractivity contribution in [2.45, 2.75) is 19.3 Å². The van der Waals surface area contributed by atoms with Gasteiger partial charge in [0.05, 0.1) is 0 Å². The molecule has 5 nitrogen and oxygen atoms in total. The number of benzene rings is 2. The lowest BCUT2D eigenvalue weighted by molar-refractivity contribution is -0.275. The predicted octanol–water partition coefficient (Wildman–Crippen LogP) is 4.81. The van der Waals surface area contributed by atoms with Crippen LogP contribution in [-0.2, 0) is 6.54 Å². The van der Waals surface area contributed by atoms with Crippen LogP contribution >= 0.6 is 0 Å². The smallest absolute Gasteiger partial charge is 0.406 e. The number of anilines is 1. The third kappa shape index (κ3) is 7.34. The summed E-state index contributed by atoms with van der Waals surface area (Å²) in [6.07, 6.45) is -9.71. The van der Waals surface area contributed by atoms with Gasteiger partial charge in [-0.25, -0.2) is 4.79 Å². The predicted molar refractivity (Wildman–Crippen MR) is 82.1 cm³/mol. The molecule has 0 aliphatic rings. The van der Waals surface area contributed by atoms with Crippen molar-refractivity contribution in [3.05, 3.63) is 54.1 Å². The SMILES string of the molecule is O=C(NCc1ccccc1OC(F)(F)F)Nc1ccc(OC(F)(F)F)cc1. The van der Waals surface area contributed by atoms with Crippen molar-refractivity contribution in [3.63, 3.8) is 0 Å². The van der Waals surface area contributed by atoms with Crippen LogP contribution in [-0.4, -0.2) is 18.8 Å². The Kier molecular flexibility index (Phi) is 6.03. The monoisotopic (exact) mass is 394 g/mol. The lowest BCUT2D eigenvalue weighted by atomic mass is 10.2. The van der Waals surface area contributed by atoms with Crippen LogP contribution in [0.5, 0.6) is 11.5 Å². The van der Waals surface area contributed by atoms with Gasteiger partial charge in [-0.15, -0.1) is 26.3 Å². The number of amides is 2. The molecule has 2 amide bonds. The van der Waals surface area contributed by atoms with Crippen molar-refractivity contribution in [2.24, 2.45) is 0 Å². The van der Waals surface area contributed by atoms with Gasteiger partial charge in [-0.3, -0.25) is 0 Å². The molecular weight excluding hydrogens is 382 g/mol. The van der Waals surface area contributed by atoms with Gasteiger partial charge in [0.1, 0.15) is 11.5 Å². The quantitative estimate of drug-likeness (QED) is 0.716. The molecule has 2 N–H and O–H groups in total. The lowest BCUT2D eigenvalue weighted by Gasteiger charge is -2.14. The van der Waals surface area contributed by atoms with Gasteiger partial charge in [-0.05, 0) is 30.3 Å². The second-order valence-electron chi connectivity index (χ2n) is 5.04. The average molecular weight is 394 g/mol. The fourth-order valence-corrected chi connectivity index (χ4v) is 1.96. The Morgan fingerprint density at radius 2 is 1.44 bits per heavy atom. The first-order valence-electron chi connectivity index (χ1n) is 7.26. The molecule has 27 heavy (non-hydrogen) atoms. The second kappa shape index (κ2) is 8.06. The summed E-state index contributed by atoms with van der Waals surface area (Å²) in [5.41, 5.74) is 0.237. The van der Waals surface area contributed by atoms with Gasteiger partial charge >= 0.3 is 18.8 Å². The van der Waals surface area contributed by atoms with E-state index in [2.05, 4.69) is 20.1 Å². The number of carbonyl (C=O) groups is 1. The molecule has 0 fully saturated rings. The van der Waals surface area contributed by atoms with E-state index >= 15 is 0 Å². The zero-order valence-corrected chi connectivity index (χ0v) is 13.3. The Hall–Kier alpha value is -3.11. The summed E-state index contributed by atoms with van der Waals surface area (Å²) in [6.45, 7) is -0.270. The number of hydrogen-bond acceptors (Lipinski definition) is 3. The molecule has 11 heteroatoms. The molecule has 0 aromatic heterocycles. The van der Waals surface area contributed by atoms with E-state index in [4.69, 9.17) is 0 Å². The molecule has 0 atom stereocenters. The maximum Gasteiger partial charge on any atom is 0.573 e. The van der Waals surface area contributed by atoms with Crippen molar-refractivity contribution in [2.75, 3.05) is 5.32 Å². The minimum absolute atomic E-state index is 0.0823. The fourth-order valence-electron chi connectivity index (χ4n) is 1.96.